The quantitative estimate of drug-likeness (QED) is 0.908. The molecular formula is C15H15ClN4O2. The van der Waals surface area contributed by atoms with Gasteiger partial charge in [-0.15, -0.1) is 0 Å². The molecule has 22 heavy (non-hydrogen) atoms. The Hall–Kier alpha value is -2.34. The Balaban J connectivity index is 1.70. The Morgan fingerprint density at radius 1 is 1.23 bits per heavy atom. The molecule has 0 unspecified atom stereocenters. The summed E-state index contributed by atoms with van der Waals surface area (Å²) in [7, 11) is 0. The van der Waals surface area contributed by atoms with Crippen LogP contribution in [0.5, 0.6) is 0 Å². The van der Waals surface area contributed by atoms with Crippen LogP contribution in [0.1, 0.15) is 10.4 Å². The molecule has 1 aliphatic heterocycles. The number of pyridine rings is 2. The fraction of sp³-hybridized carbons (Fsp3) is 0.267. The van der Waals surface area contributed by atoms with Gasteiger partial charge in [0.05, 0.1) is 10.7 Å². The third-order valence-corrected chi connectivity index (χ3v) is 4.00. The number of H-pyrrole nitrogens is 1. The van der Waals surface area contributed by atoms with Crippen LogP contribution in [0, 0.1) is 0 Å². The van der Waals surface area contributed by atoms with Gasteiger partial charge in [-0.3, -0.25) is 14.6 Å². The average molecular weight is 319 g/mol. The van der Waals surface area contributed by atoms with Crippen LogP contribution in [0.3, 0.4) is 0 Å². The van der Waals surface area contributed by atoms with Gasteiger partial charge in [0, 0.05) is 44.8 Å². The smallest absolute Gasteiger partial charge is 0.260 e. The van der Waals surface area contributed by atoms with Crippen molar-refractivity contribution in [1.29, 1.82) is 0 Å². The molecule has 1 fully saturated rings. The highest BCUT2D eigenvalue weighted by molar-refractivity contribution is 6.33. The first-order valence-electron chi connectivity index (χ1n) is 6.98. The monoisotopic (exact) mass is 318 g/mol. The Bertz CT molecular complexity index is 738. The van der Waals surface area contributed by atoms with E-state index < -0.39 is 0 Å². The van der Waals surface area contributed by atoms with E-state index in [0.717, 1.165) is 5.69 Å². The van der Waals surface area contributed by atoms with Crippen LogP contribution >= 0.6 is 11.6 Å². The predicted octanol–water partition coefficient (Wildman–Crippen LogP) is 1.39. The van der Waals surface area contributed by atoms with Crippen molar-refractivity contribution in [1.82, 2.24) is 14.9 Å². The van der Waals surface area contributed by atoms with E-state index in [4.69, 9.17) is 11.6 Å². The second-order valence-corrected chi connectivity index (χ2v) is 5.43. The van der Waals surface area contributed by atoms with Gasteiger partial charge in [0.25, 0.3) is 11.5 Å². The van der Waals surface area contributed by atoms with Gasteiger partial charge in [-0.05, 0) is 18.2 Å². The van der Waals surface area contributed by atoms with E-state index in [1.54, 1.807) is 29.4 Å². The number of rotatable bonds is 2. The summed E-state index contributed by atoms with van der Waals surface area (Å²) in [5.41, 5.74) is 0.742. The molecule has 0 aromatic carbocycles. The van der Waals surface area contributed by atoms with Gasteiger partial charge in [0.2, 0.25) is 0 Å². The van der Waals surface area contributed by atoms with Crippen molar-refractivity contribution in [2.24, 2.45) is 0 Å². The molecule has 1 saturated heterocycles. The first kappa shape index (κ1) is 14.6. The van der Waals surface area contributed by atoms with Crippen molar-refractivity contribution in [2.45, 2.75) is 0 Å². The van der Waals surface area contributed by atoms with Gasteiger partial charge < -0.3 is 14.8 Å². The molecule has 1 amide bonds. The topological polar surface area (TPSA) is 69.3 Å². The molecule has 0 spiro atoms. The second-order valence-electron chi connectivity index (χ2n) is 5.02. The van der Waals surface area contributed by atoms with Crippen LogP contribution in [0.15, 0.2) is 41.6 Å². The summed E-state index contributed by atoms with van der Waals surface area (Å²) in [5, 5.41) is 0.599. The lowest BCUT2D eigenvalue weighted by molar-refractivity contribution is 0.0745. The molecular weight excluding hydrogens is 304 g/mol. The Morgan fingerprint density at radius 2 is 2.00 bits per heavy atom. The highest BCUT2D eigenvalue weighted by Crippen LogP contribution is 2.25. The zero-order valence-corrected chi connectivity index (χ0v) is 12.6. The minimum atomic E-state index is -0.355. The molecule has 6 nitrogen and oxygen atoms in total. The number of hydrogen-bond donors (Lipinski definition) is 1. The van der Waals surface area contributed by atoms with Crippen molar-refractivity contribution in [3.63, 3.8) is 0 Å². The minimum absolute atomic E-state index is 0.179. The van der Waals surface area contributed by atoms with Crippen LogP contribution in [-0.4, -0.2) is 47.0 Å². The van der Waals surface area contributed by atoms with E-state index in [0.29, 0.717) is 31.2 Å². The lowest BCUT2D eigenvalue weighted by atomic mass is 10.2. The molecule has 114 valence electrons. The van der Waals surface area contributed by atoms with Gasteiger partial charge >= 0.3 is 0 Å². The minimum Gasteiger partial charge on any atom is -0.367 e. The van der Waals surface area contributed by atoms with Gasteiger partial charge in [-0.25, -0.2) is 0 Å². The molecule has 1 N–H and O–H groups in total. The maximum Gasteiger partial charge on any atom is 0.260 e. The van der Waals surface area contributed by atoms with Gasteiger partial charge in [-0.1, -0.05) is 11.6 Å². The fourth-order valence-electron chi connectivity index (χ4n) is 2.54. The molecule has 0 saturated carbocycles. The number of anilines is 1. The number of nitrogens with one attached hydrogen (secondary N) is 1. The van der Waals surface area contributed by atoms with E-state index in [-0.39, 0.29) is 17.0 Å². The van der Waals surface area contributed by atoms with Crippen LogP contribution in [0.4, 0.5) is 5.69 Å². The first-order valence-corrected chi connectivity index (χ1v) is 7.36. The summed E-state index contributed by atoms with van der Waals surface area (Å²) in [5.74, 6) is -0.234. The SMILES string of the molecule is O=C(c1ccc[nH]c1=O)N1CCN(c2ccncc2Cl)CC1. The number of amides is 1. The number of aromatic nitrogens is 2. The highest BCUT2D eigenvalue weighted by Gasteiger charge is 2.24. The van der Waals surface area contributed by atoms with Crippen LogP contribution in [-0.2, 0) is 0 Å². The van der Waals surface area contributed by atoms with Crippen molar-refractivity contribution >= 4 is 23.2 Å². The molecule has 1 aliphatic rings. The van der Waals surface area contributed by atoms with Gasteiger partial charge in [0.15, 0.2) is 0 Å². The zero-order valence-electron chi connectivity index (χ0n) is 11.8. The summed E-state index contributed by atoms with van der Waals surface area (Å²) in [6.45, 7) is 2.43. The van der Waals surface area contributed by atoms with Crippen molar-refractivity contribution in [3.8, 4) is 0 Å². The fourth-order valence-corrected chi connectivity index (χ4v) is 2.77. The molecule has 2 aromatic heterocycles. The molecule has 3 heterocycles. The number of halogens is 1. The maximum absolute atomic E-state index is 12.4. The summed E-state index contributed by atoms with van der Waals surface area (Å²) in [6, 6.07) is 5.07. The van der Waals surface area contributed by atoms with E-state index in [1.165, 1.54) is 6.20 Å². The summed E-state index contributed by atoms with van der Waals surface area (Å²) < 4.78 is 0. The van der Waals surface area contributed by atoms with Crippen molar-refractivity contribution in [3.05, 3.63) is 57.7 Å². The van der Waals surface area contributed by atoms with E-state index in [1.807, 2.05) is 6.07 Å². The zero-order chi connectivity index (χ0) is 15.5. The molecule has 2 aromatic rings. The number of carbonyl (C=O) groups is 1. The third-order valence-electron chi connectivity index (χ3n) is 3.71. The Labute approximate surface area is 132 Å². The van der Waals surface area contributed by atoms with E-state index >= 15 is 0 Å². The summed E-state index contributed by atoms with van der Waals surface area (Å²) in [6.07, 6.45) is 4.82. The lowest BCUT2D eigenvalue weighted by Gasteiger charge is -2.36. The Kier molecular flexibility index (Phi) is 4.11. The van der Waals surface area contributed by atoms with Gasteiger partial charge in [0.1, 0.15) is 5.56 Å². The van der Waals surface area contributed by atoms with Crippen LogP contribution < -0.4 is 10.5 Å². The molecule has 3 rings (SSSR count). The normalized spacial score (nSPS) is 15.0. The summed E-state index contributed by atoms with van der Waals surface area (Å²) in [4.78, 5) is 34.4. The standard InChI is InChI=1S/C15H15ClN4O2/c16-12-10-17-5-3-13(12)19-6-8-20(9-7-19)15(22)11-2-1-4-18-14(11)21/h1-5,10H,6-9H2,(H,18,21). The first-order chi connectivity index (χ1) is 10.7. The molecule has 0 aliphatic carbocycles. The number of hydrogen-bond acceptors (Lipinski definition) is 4. The molecule has 0 bridgehead atoms. The third kappa shape index (κ3) is 2.82. The second kappa shape index (κ2) is 6.19. The van der Waals surface area contributed by atoms with Crippen molar-refractivity contribution in [2.75, 3.05) is 31.1 Å². The molecule has 0 radical (unpaired) electrons. The molecule has 0 atom stereocenters. The maximum atomic E-state index is 12.4. The van der Waals surface area contributed by atoms with E-state index in [2.05, 4.69) is 14.9 Å². The van der Waals surface area contributed by atoms with Gasteiger partial charge in [-0.2, -0.15) is 0 Å². The number of piperazine rings is 1. The summed E-state index contributed by atoms with van der Waals surface area (Å²) >= 11 is 6.14. The lowest BCUT2D eigenvalue weighted by Crippen LogP contribution is -2.49. The Morgan fingerprint density at radius 3 is 2.68 bits per heavy atom. The van der Waals surface area contributed by atoms with E-state index in [9.17, 15) is 9.59 Å². The number of carbonyl (C=O) groups excluding carboxylic acids is 1. The molecule has 7 heteroatoms. The van der Waals surface area contributed by atoms with Crippen molar-refractivity contribution < 1.29 is 4.79 Å². The largest absolute Gasteiger partial charge is 0.367 e. The van der Waals surface area contributed by atoms with Crippen LogP contribution in [0.2, 0.25) is 5.02 Å². The number of aromatic amines is 1. The predicted molar refractivity (Wildman–Crippen MR) is 84.4 cm³/mol. The average Bonchev–Trinajstić information content (AvgIpc) is 2.55. The highest BCUT2D eigenvalue weighted by atomic mass is 35.5. The van der Waals surface area contributed by atoms with Crippen LogP contribution in [0.25, 0.3) is 0 Å². The number of nitrogens with zero attached hydrogens (tertiary/aromatic N) is 3.